The van der Waals surface area contributed by atoms with Crippen molar-refractivity contribution in [1.82, 2.24) is 9.97 Å². The number of hydrogen-bond acceptors (Lipinski definition) is 4. The van der Waals surface area contributed by atoms with E-state index in [1.165, 1.54) is 11.8 Å². The van der Waals surface area contributed by atoms with Gasteiger partial charge in [0.1, 0.15) is 0 Å². The summed E-state index contributed by atoms with van der Waals surface area (Å²) in [6.07, 6.45) is 3.73. The molecule has 0 radical (unpaired) electrons. The number of H-pyrrole nitrogens is 1. The average molecular weight is 408 g/mol. The molecule has 0 saturated heterocycles. The Morgan fingerprint density at radius 1 is 1.29 bits per heavy atom. The Kier molecular flexibility index (Phi) is 5.40. The molecule has 1 aliphatic carbocycles. The fourth-order valence-corrected chi connectivity index (χ4v) is 3.71. The molecule has 2 N–H and O–H groups in total. The minimum atomic E-state index is -0.363. The third-order valence-electron chi connectivity index (χ3n) is 3.94. The number of carbonyl (C=O) groups excluding carboxylic acids is 1. The van der Waals surface area contributed by atoms with Crippen molar-refractivity contribution in [2.24, 2.45) is 0 Å². The van der Waals surface area contributed by atoms with Gasteiger partial charge >= 0.3 is 0 Å². The van der Waals surface area contributed by atoms with Crippen LogP contribution in [0.3, 0.4) is 0 Å². The molecule has 2 aromatic rings. The van der Waals surface area contributed by atoms with Crippen LogP contribution in [0.1, 0.15) is 31.0 Å². The Bertz CT molecular complexity index is 804. The van der Waals surface area contributed by atoms with Crippen LogP contribution < -0.4 is 10.9 Å². The highest BCUT2D eigenvalue weighted by Gasteiger charge is 2.19. The fraction of sp³-hybridized carbons (Fsp3) is 0.353. The summed E-state index contributed by atoms with van der Waals surface area (Å²) in [5.41, 5.74) is 2.36. The van der Waals surface area contributed by atoms with Crippen LogP contribution in [0, 0.1) is 0 Å². The zero-order chi connectivity index (χ0) is 17.1. The van der Waals surface area contributed by atoms with E-state index in [0.717, 1.165) is 47.1 Å². The zero-order valence-corrected chi connectivity index (χ0v) is 15.7. The van der Waals surface area contributed by atoms with E-state index in [4.69, 9.17) is 0 Å². The predicted octanol–water partition coefficient (Wildman–Crippen LogP) is 3.53. The van der Waals surface area contributed by atoms with Crippen molar-refractivity contribution < 1.29 is 4.79 Å². The van der Waals surface area contributed by atoms with Gasteiger partial charge in [0.25, 0.3) is 5.56 Å². The van der Waals surface area contributed by atoms with Gasteiger partial charge in [-0.3, -0.25) is 9.59 Å². The first-order valence-corrected chi connectivity index (χ1v) is 9.55. The van der Waals surface area contributed by atoms with Crippen LogP contribution in [-0.4, -0.2) is 21.1 Å². The number of carbonyl (C=O) groups is 1. The lowest BCUT2D eigenvalue weighted by atomic mass is 9.97. The van der Waals surface area contributed by atoms with Crippen LogP contribution in [0.4, 0.5) is 5.69 Å². The van der Waals surface area contributed by atoms with Crippen LogP contribution in [0.2, 0.25) is 0 Å². The highest BCUT2D eigenvalue weighted by Crippen LogP contribution is 2.23. The molecular weight excluding hydrogens is 390 g/mol. The summed E-state index contributed by atoms with van der Waals surface area (Å²) in [5, 5.41) is 3.02. The molecule has 0 unspecified atom stereocenters. The smallest absolute Gasteiger partial charge is 0.254 e. The highest BCUT2D eigenvalue weighted by atomic mass is 79.9. The van der Waals surface area contributed by atoms with Gasteiger partial charge in [-0.25, -0.2) is 4.98 Å². The molecule has 1 heterocycles. The lowest BCUT2D eigenvalue weighted by Gasteiger charge is -2.16. The van der Waals surface area contributed by atoms with E-state index in [1.54, 1.807) is 6.92 Å². The normalized spacial score (nSPS) is 14.8. The van der Waals surface area contributed by atoms with Gasteiger partial charge in [-0.05, 0) is 56.9 Å². The number of rotatable bonds is 4. The molecule has 0 spiro atoms. The van der Waals surface area contributed by atoms with Gasteiger partial charge in [-0.2, -0.15) is 0 Å². The number of halogens is 1. The van der Waals surface area contributed by atoms with Crippen molar-refractivity contribution >= 4 is 39.3 Å². The average Bonchev–Trinajstić information content (AvgIpc) is 2.57. The van der Waals surface area contributed by atoms with Crippen LogP contribution in [-0.2, 0) is 17.6 Å². The van der Waals surface area contributed by atoms with Gasteiger partial charge in [-0.1, -0.05) is 27.7 Å². The second kappa shape index (κ2) is 7.53. The van der Waals surface area contributed by atoms with Gasteiger partial charge in [0.2, 0.25) is 5.91 Å². The Balaban J connectivity index is 1.69. The van der Waals surface area contributed by atoms with Crippen LogP contribution >= 0.6 is 27.7 Å². The first kappa shape index (κ1) is 17.2. The number of nitrogens with zero attached hydrogens (tertiary/aromatic N) is 1. The van der Waals surface area contributed by atoms with Crippen molar-refractivity contribution in [1.29, 1.82) is 0 Å². The Morgan fingerprint density at radius 2 is 2.00 bits per heavy atom. The molecule has 0 bridgehead atoms. The number of anilines is 1. The fourth-order valence-electron chi connectivity index (χ4n) is 2.63. The number of aromatic nitrogens is 2. The number of fused-ring (bicyclic) bond motifs is 1. The molecule has 1 atom stereocenters. The minimum absolute atomic E-state index is 0.0669. The predicted molar refractivity (Wildman–Crippen MR) is 99.6 cm³/mol. The van der Waals surface area contributed by atoms with E-state index < -0.39 is 0 Å². The number of benzene rings is 1. The summed E-state index contributed by atoms with van der Waals surface area (Å²) in [4.78, 5) is 31.8. The lowest BCUT2D eigenvalue weighted by Crippen LogP contribution is -2.25. The van der Waals surface area contributed by atoms with Crippen molar-refractivity contribution in [3.05, 3.63) is 50.3 Å². The van der Waals surface area contributed by atoms with E-state index >= 15 is 0 Å². The van der Waals surface area contributed by atoms with Crippen molar-refractivity contribution in [2.45, 2.75) is 43.0 Å². The molecule has 3 rings (SSSR count). The summed E-state index contributed by atoms with van der Waals surface area (Å²) in [6, 6.07) is 7.41. The van der Waals surface area contributed by atoms with Crippen LogP contribution in [0.25, 0.3) is 0 Å². The number of aromatic amines is 1. The Hall–Kier alpha value is -1.60. The molecule has 0 fully saturated rings. The quantitative estimate of drug-likeness (QED) is 0.600. The summed E-state index contributed by atoms with van der Waals surface area (Å²) in [7, 11) is 0. The second-order valence-electron chi connectivity index (χ2n) is 5.76. The lowest BCUT2D eigenvalue weighted by molar-refractivity contribution is -0.115. The SMILES string of the molecule is C[C@H](Sc1nc2c(c(=O)[nH]1)CCCC2)C(=O)Nc1ccc(Br)cc1. The molecule has 0 saturated carbocycles. The Morgan fingerprint density at radius 3 is 2.75 bits per heavy atom. The molecular formula is C17H18BrN3O2S. The van der Waals surface area contributed by atoms with Crippen molar-refractivity contribution in [3.8, 4) is 0 Å². The molecule has 1 aromatic carbocycles. The third kappa shape index (κ3) is 4.08. The van der Waals surface area contributed by atoms with Crippen LogP contribution in [0.15, 0.2) is 38.7 Å². The molecule has 1 aromatic heterocycles. The Labute approximate surface area is 152 Å². The summed E-state index contributed by atoms with van der Waals surface area (Å²) in [5.74, 6) is -0.123. The standard InChI is InChI=1S/C17H18BrN3O2S/c1-10(15(22)19-12-8-6-11(18)7-9-12)24-17-20-14-5-3-2-4-13(14)16(23)21-17/h6-10H,2-5H2,1H3,(H,19,22)(H,20,21,23)/t10-/m0/s1. The van der Waals surface area contributed by atoms with E-state index in [9.17, 15) is 9.59 Å². The largest absolute Gasteiger partial charge is 0.325 e. The van der Waals surface area contributed by atoms with Gasteiger partial charge in [0.05, 0.1) is 10.9 Å². The van der Waals surface area contributed by atoms with E-state index in [1.807, 2.05) is 24.3 Å². The number of amides is 1. The molecule has 5 nitrogen and oxygen atoms in total. The maximum Gasteiger partial charge on any atom is 0.254 e. The van der Waals surface area contributed by atoms with Gasteiger partial charge < -0.3 is 10.3 Å². The molecule has 7 heteroatoms. The van der Waals surface area contributed by atoms with Gasteiger partial charge in [0, 0.05) is 15.7 Å². The number of hydrogen-bond donors (Lipinski definition) is 2. The molecule has 24 heavy (non-hydrogen) atoms. The number of thioether (sulfide) groups is 1. The van der Waals surface area contributed by atoms with E-state index in [0.29, 0.717) is 5.16 Å². The van der Waals surface area contributed by atoms with E-state index in [-0.39, 0.29) is 16.7 Å². The maximum absolute atomic E-state index is 12.3. The van der Waals surface area contributed by atoms with Crippen LogP contribution in [0.5, 0.6) is 0 Å². The summed E-state index contributed by atoms with van der Waals surface area (Å²) >= 11 is 4.64. The molecule has 126 valence electrons. The monoisotopic (exact) mass is 407 g/mol. The second-order valence-corrected chi connectivity index (χ2v) is 8.00. The molecule has 1 aliphatic rings. The third-order valence-corrected chi connectivity index (χ3v) is 5.45. The minimum Gasteiger partial charge on any atom is -0.325 e. The maximum atomic E-state index is 12.3. The summed E-state index contributed by atoms with van der Waals surface area (Å²) in [6.45, 7) is 1.80. The number of nitrogens with one attached hydrogen (secondary N) is 2. The first-order valence-electron chi connectivity index (χ1n) is 7.88. The van der Waals surface area contributed by atoms with Crippen molar-refractivity contribution in [3.63, 3.8) is 0 Å². The van der Waals surface area contributed by atoms with Crippen molar-refractivity contribution in [2.75, 3.05) is 5.32 Å². The van der Waals surface area contributed by atoms with Gasteiger partial charge in [-0.15, -0.1) is 0 Å². The van der Waals surface area contributed by atoms with Gasteiger partial charge in [0.15, 0.2) is 5.16 Å². The number of aryl methyl sites for hydroxylation is 1. The van der Waals surface area contributed by atoms with E-state index in [2.05, 4.69) is 31.2 Å². The topological polar surface area (TPSA) is 74.8 Å². The first-order chi connectivity index (χ1) is 11.5. The molecule has 1 amide bonds. The summed E-state index contributed by atoms with van der Waals surface area (Å²) < 4.78 is 0.957. The highest BCUT2D eigenvalue weighted by molar-refractivity contribution is 9.10. The molecule has 0 aliphatic heterocycles. The zero-order valence-electron chi connectivity index (χ0n) is 13.3.